The monoisotopic (exact) mass is 376 g/mol. The SMILES string of the molecule is CN(C)CCCNC(=O)Nc1cccc(CNc2ccc(Cl)cc2O)c1. The largest absolute Gasteiger partial charge is 0.506 e. The molecule has 0 aromatic heterocycles. The number of hydrogen-bond acceptors (Lipinski definition) is 4. The van der Waals surface area contributed by atoms with Crippen molar-refractivity contribution >= 4 is 29.0 Å². The van der Waals surface area contributed by atoms with Crippen LogP contribution < -0.4 is 16.0 Å². The van der Waals surface area contributed by atoms with E-state index in [9.17, 15) is 9.90 Å². The van der Waals surface area contributed by atoms with Crippen molar-refractivity contribution in [2.24, 2.45) is 0 Å². The van der Waals surface area contributed by atoms with E-state index in [1.807, 2.05) is 38.4 Å². The molecule has 2 rings (SSSR count). The third-order valence-electron chi connectivity index (χ3n) is 3.70. The van der Waals surface area contributed by atoms with Crippen molar-refractivity contribution in [3.8, 4) is 5.75 Å². The standard InChI is InChI=1S/C19H25ClN4O2/c1-24(2)10-4-9-21-19(26)23-16-6-3-5-14(11-16)13-22-17-8-7-15(20)12-18(17)25/h3,5-8,11-12,22,25H,4,9-10,13H2,1-2H3,(H2,21,23,26). The zero-order valence-electron chi connectivity index (χ0n) is 15.1. The van der Waals surface area contributed by atoms with Crippen molar-refractivity contribution < 1.29 is 9.90 Å². The Balaban J connectivity index is 1.84. The number of amides is 2. The van der Waals surface area contributed by atoms with Gasteiger partial charge in [-0.25, -0.2) is 4.79 Å². The van der Waals surface area contributed by atoms with Gasteiger partial charge in [0.25, 0.3) is 0 Å². The van der Waals surface area contributed by atoms with Crippen LogP contribution in [0.25, 0.3) is 0 Å². The van der Waals surface area contributed by atoms with Crippen molar-refractivity contribution in [1.29, 1.82) is 0 Å². The Labute approximate surface area is 159 Å². The van der Waals surface area contributed by atoms with Gasteiger partial charge in [0.05, 0.1) is 5.69 Å². The lowest BCUT2D eigenvalue weighted by Gasteiger charge is -2.12. The lowest BCUT2D eigenvalue weighted by molar-refractivity contribution is 0.251. The van der Waals surface area contributed by atoms with Crippen molar-refractivity contribution in [3.05, 3.63) is 53.1 Å². The van der Waals surface area contributed by atoms with Gasteiger partial charge in [-0.1, -0.05) is 23.7 Å². The molecule has 0 aliphatic carbocycles. The van der Waals surface area contributed by atoms with E-state index in [1.54, 1.807) is 12.1 Å². The number of nitrogens with zero attached hydrogens (tertiary/aromatic N) is 1. The van der Waals surface area contributed by atoms with Gasteiger partial charge in [-0.15, -0.1) is 0 Å². The van der Waals surface area contributed by atoms with Gasteiger partial charge in [0, 0.05) is 29.9 Å². The summed E-state index contributed by atoms with van der Waals surface area (Å²) < 4.78 is 0. The number of hydrogen-bond donors (Lipinski definition) is 4. The normalized spacial score (nSPS) is 10.6. The predicted octanol–water partition coefficient (Wildman–Crippen LogP) is 3.73. The molecular formula is C19H25ClN4O2. The van der Waals surface area contributed by atoms with Crippen LogP contribution in [0.4, 0.5) is 16.2 Å². The average molecular weight is 377 g/mol. The van der Waals surface area contributed by atoms with Gasteiger partial charge in [-0.2, -0.15) is 0 Å². The smallest absolute Gasteiger partial charge is 0.319 e. The Kier molecular flexibility index (Phi) is 7.56. The van der Waals surface area contributed by atoms with Crippen molar-refractivity contribution in [2.75, 3.05) is 37.8 Å². The van der Waals surface area contributed by atoms with Crippen LogP contribution in [0.3, 0.4) is 0 Å². The maximum absolute atomic E-state index is 11.9. The number of nitrogens with one attached hydrogen (secondary N) is 3. The number of halogens is 1. The number of carbonyl (C=O) groups is 1. The van der Waals surface area contributed by atoms with Crippen LogP contribution in [0.2, 0.25) is 5.02 Å². The Bertz CT molecular complexity index is 737. The fourth-order valence-electron chi connectivity index (χ4n) is 2.38. The molecule has 26 heavy (non-hydrogen) atoms. The summed E-state index contributed by atoms with van der Waals surface area (Å²) in [4.78, 5) is 14.0. The first-order valence-electron chi connectivity index (χ1n) is 8.45. The van der Waals surface area contributed by atoms with E-state index in [-0.39, 0.29) is 11.8 Å². The van der Waals surface area contributed by atoms with E-state index in [1.165, 1.54) is 6.07 Å². The molecule has 2 aromatic carbocycles. The third-order valence-corrected chi connectivity index (χ3v) is 3.93. The molecule has 0 saturated heterocycles. The van der Waals surface area contributed by atoms with Crippen LogP contribution in [0.5, 0.6) is 5.75 Å². The fourth-order valence-corrected chi connectivity index (χ4v) is 2.55. The molecule has 140 valence electrons. The van der Waals surface area contributed by atoms with Crippen LogP contribution in [-0.4, -0.2) is 43.2 Å². The van der Waals surface area contributed by atoms with Crippen LogP contribution in [-0.2, 0) is 6.54 Å². The van der Waals surface area contributed by atoms with E-state index < -0.39 is 0 Å². The maximum Gasteiger partial charge on any atom is 0.319 e. The molecule has 0 aliphatic heterocycles. The third kappa shape index (κ3) is 6.82. The molecule has 2 aromatic rings. The molecule has 0 spiro atoms. The second-order valence-electron chi connectivity index (χ2n) is 6.25. The van der Waals surface area contributed by atoms with E-state index in [4.69, 9.17) is 11.6 Å². The van der Waals surface area contributed by atoms with E-state index in [0.717, 1.165) is 24.2 Å². The highest BCUT2D eigenvalue weighted by molar-refractivity contribution is 6.30. The number of urea groups is 1. The summed E-state index contributed by atoms with van der Waals surface area (Å²) in [5, 5.41) is 19.2. The van der Waals surface area contributed by atoms with Gasteiger partial charge in [-0.3, -0.25) is 0 Å². The molecule has 0 atom stereocenters. The van der Waals surface area contributed by atoms with Crippen molar-refractivity contribution in [3.63, 3.8) is 0 Å². The van der Waals surface area contributed by atoms with Gasteiger partial charge >= 0.3 is 6.03 Å². The number of carbonyl (C=O) groups excluding carboxylic acids is 1. The second-order valence-corrected chi connectivity index (χ2v) is 6.69. The molecule has 0 unspecified atom stereocenters. The molecule has 2 amide bonds. The lowest BCUT2D eigenvalue weighted by atomic mass is 10.2. The highest BCUT2D eigenvalue weighted by Crippen LogP contribution is 2.27. The molecule has 0 heterocycles. The quantitative estimate of drug-likeness (QED) is 0.418. The Hall–Kier alpha value is -2.44. The van der Waals surface area contributed by atoms with Crippen LogP contribution in [0.1, 0.15) is 12.0 Å². The van der Waals surface area contributed by atoms with Gasteiger partial charge in [0.15, 0.2) is 0 Å². The maximum atomic E-state index is 11.9. The van der Waals surface area contributed by atoms with Crippen molar-refractivity contribution in [2.45, 2.75) is 13.0 Å². The Morgan fingerprint density at radius 3 is 2.73 bits per heavy atom. The summed E-state index contributed by atoms with van der Waals surface area (Å²) in [6.45, 7) is 2.06. The summed E-state index contributed by atoms with van der Waals surface area (Å²) >= 11 is 5.83. The molecule has 4 N–H and O–H groups in total. The van der Waals surface area contributed by atoms with Crippen molar-refractivity contribution in [1.82, 2.24) is 10.2 Å². The summed E-state index contributed by atoms with van der Waals surface area (Å²) in [6.07, 6.45) is 0.898. The van der Waals surface area contributed by atoms with E-state index in [0.29, 0.717) is 23.8 Å². The molecule has 7 heteroatoms. The number of aromatic hydroxyl groups is 1. The van der Waals surface area contributed by atoms with Gasteiger partial charge < -0.3 is 26.0 Å². The first kappa shape index (κ1) is 19.9. The first-order valence-corrected chi connectivity index (χ1v) is 8.83. The fraction of sp³-hybridized carbons (Fsp3) is 0.316. The second kappa shape index (κ2) is 9.89. The topological polar surface area (TPSA) is 76.6 Å². The minimum Gasteiger partial charge on any atom is -0.506 e. The lowest BCUT2D eigenvalue weighted by Crippen LogP contribution is -2.31. The molecule has 0 radical (unpaired) electrons. The molecule has 0 fully saturated rings. The zero-order chi connectivity index (χ0) is 18.9. The van der Waals surface area contributed by atoms with Gasteiger partial charge in [0.1, 0.15) is 5.75 Å². The number of phenols is 1. The van der Waals surface area contributed by atoms with Crippen LogP contribution in [0, 0.1) is 0 Å². The number of benzene rings is 2. The highest BCUT2D eigenvalue weighted by Gasteiger charge is 2.04. The van der Waals surface area contributed by atoms with E-state index >= 15 is 0 Å². The molecular weight excluding hydrogens is 352 g/mol. The molecule has 0 bridgehead atoms. The highest BCUT2D eigenvalue weighted by atomic mass is 35.5. The van der Waals surface area contributed by atoms with Gasteiger partial charge in [0.2, 0.25) is 0 Å². The minimum atomic E-state index is -0.218. The molecule has 0 saturated carbocycles. The average Bonchev–Trinajstić information content (AvgIpc) is 2.58. The zero-order valence-corrected chi connectivity index (χ0v) is 15.8. The van der Waals surface area contributed by atoms with E-state index in [2.05, 4.69) is 20.9 Å². The number of rotatable bonds is 8. The van der Waals surface area contributed by atoms with Gasteiger partial charge in [-0.05, 0) is 56.9 Å². The molecule has 0 aliphatic rings. The number of anilines is 2. The summed E-state index contributed by atoms with van der Waals surface area (Å²) in [5.41, 5.74) is 2.30. The summed E-state index contributed by atoms with van der Waals surface area (Å²) in [5.74, 6) is 0.101. The minimum absolute atomic E-state index is 0.101. The summed E-state index contributed by atoms with van der Waals surface area (Å²) in [7, 11) is 4.01. The van der Waals surface area contributed by atoms with Crippen LogP contribution in [0.15, 0.2) is 42.5 Å². The first-order chi connectivity index (χ1) is 12.4. The molecule has 6 nitrogen and oxygen atoms in total. The Morgan fingerprint density at radius 1 is 1.19 bits per heavy atom. The van der Waals surface area contributed by atoms with Crippen LogP contribution >= 0.6 is 11.6 Å². The number of phenolic OH excluding ortho intramolecular Hbond substituents is 1. The Morgan fingerprint density at radius 2 is 2.00 bits per heavy atom. The predicted molar refractivity (Wildman–Crippen MR) is 107 cm³/mol. The summed E-state index contributed by atoms with van der Waals surface area (Å²) in [6, 6.07) is 12.2.